The van der Waals surface area contributed by atoms with Crippen molar-refractivity contribution in [3.05, 3.63) is 88.4 Å². The molecule has 0 aliphatic carbocycles. The molecule has 204 valence electrons. The Bertz CT molecular complexity index is 1470. The SMILES string of the molecule is C=C(C)/C(=C\c1c(-c2ccc(C(C)O)c(-n3nc(C#N)cc3C)n2)cnn1C)OC.C=N/C(C)=C\C=C(C)C. The molecule has 3 rings (SSSR count). The first-order valence-corrected chi connectivity index (χ1v) is 12.3. The molecule has 3 aromatic rings. The van der Waals surface area contributed by atoms with Gasteiger partial charge in [0.25, 0.3) is 0 Å². The average molecular weight is 528 g/mol. The van der Waals surface area contributed by atoms with Gasteiger partial charge in [-0.15, -0.1) is 0 Å². The van der Waals surface area contributed by atoms with Crippen LogP contribution >= 0.6 is 0 Å². The Labute approximate surface area is 230 Å². The van der Waals surface area contributed by atoms with Crippen LogP contribution in [0.1, 0.15) is 63.4 Å². The summed E-state index contributed by atoms with van der Waals surface area (Å²) in [6.07, 6.45) is 6.79. The molecule has 0 fully saturated rings. The van der Waals surface area contributed by atoms with Crippen molar-refractivity contribution in [2.75, 3.05) is 7.11 Å². The van der Waals surface area contributed by atoms with Gasteiger partial charge in [0.15, 0.2) is 11.5 Å². The summed E-state index contributed by atoms with van der Waals surface area (Å²) in [5.41, 5.74) is 6.90. The number of hydrogen-bond acceptors (Lipinski definition) is 7. The number of nitriles is 1. The summed E-state index contributed by atoms with van der Waals surface area (Å²) >= 11 is 0. The van der Waals surface area contributed by atoms with Gasteiger partial charge in [0, 0.05) is 35.6 Å². The van der Waals surface area contributed by atoms with Gasteiger partial charge in [0.1, 0.15) is 11.8 Å². The molecule has 0 saturated heterocycles. The van der Waals surface area contributed by atoms with Crippen molar-refractivity contribution in [2.24, 2.45) is 12.0 Å². The number of aryl methyl sites for hydroxylation is 2. The number of aliphatic hydroxyl groups excluding tert-OH is 1. The number of aromatic nitrogens is 5. The first-order chi connectivity index (χ1) is 18.4. The summed E-state index contributed by atoms with van der Waals surface area (Å²) in [7, 11) is 3.43. The van der Waals surface area contributed by atoms with Crippen molar-refractivity contribution in [3.8, 4) is 23.1 Å². The summed E-state index contributed by atoms with van der Waals surface area (Å²) in [5, 5.41) is 28.1. The van der Waals surface area contributed by atoms with Crippen LogP contribution in [0.4, 0.5) is 0 Å². The van der Waals surface area contributed by atoms with E-state index in [9.17, 15) is 10.4 Å². The monoisotopic (exact) mass is 527 g/mol. The second-order valence-corrected chi connectivity index (χ2v) is 9.25. The van der Waals surface area contributed by atoms with E-state index >= 15 is 0 Å². The smallest absolute Gasteiger partial charge is 0.163 e. The fourth-order valence-electron chi connectivity index (χ4n) is 3.48. The minimum Gasteiger partial charge on any atom is -0.496 e. The number of hydrogen-bond donors (Lipinski definition) is 1. The lowest BCUT2D eigenvalue weighted by Crippen LogP contribution is -2.09. The van der Waals surface area contributed by atoms with Gasteiger partial charge in [0.2, 0.25) is 0 Å². The first kappa shape index (κ1) is 30.7. The molecule has 0 aromatic carbocycles. The molecule has 0 saturated carbocycles. The van der Waals surface area contributed by atoms with Gasteiger partial charge in [-0.25, -0.2) is 9.67 Å². The van der Waals surface area contributed by atoms with Gasteiger partial charge >= 0.3 is 0 Å². The average Bonchev–Trinajstić information content (AvgIpc) is 3.46. The van der Waals surface area contributed by atoms with E-state index < -0.39 is 6.10 Å². The topological polar surface area (TPSA) is 114 Å². The summed E-state index contributed by atoms with van der Waals surface area (Å²) < 4.78 is 8.73. The quantitative estimate of drug-likeness (QED) is 0.218. The Morgan fingerprint density at radius 3 is 2.44 bits per heavy atom. The summed E-state index contributed by atoms with van der Waals surface area (Å²) in [6, 6.07) is 7.36. The molecule has 1 unspecified atom stereocenters. The van der Waals surface area contributed by atoms with E-state index in [1.165, 1.54) is 5.57 Å². The molecular weight excluding hydrogens is 490 g/mol. The number of methoxy groups -OCH3 is 1. The van der Waals surface area contributed by atoms with Crippen molar-refractivity contribution in [3.63, 3.8) is 0 Å². The van der Waals surface area contributed by atoms with Crippen LogP contribution < -0.4 is 0 Å². The maximum atomic E-state index is 10.3. The molecule has 1 atom stereocenters. The van der Waals surface area contributed by atoms with Gasteiger partial charge < -0.3 is 9.84 Å². The zero-order valence-corrected chi connectivity index (χ0v) is 24.0. The molecule has 39 heavy (non-hydrogen) atoms. The standard InChI is InChI=1S/C22H24N6O2.C8H13N/c1-13(2)21(30-6)10-20-18(12-24-27(20)5)19-8-7-17(15(4)29)22(25-19)28-14(3)9-16(11-23)26-28;1-7(2)5-6-8(3)9-4/h7-10,12,15,29H,1H2,2-6H3;5-6H,4H2,1-3H3/b21-10+;8-6-. The highest BCUT2D eigenvalue weighted by Crippen LogP contribution is 2.29. The van der Waals surface area contributed by atoms with Crippen LogP contribution in [-0.4, -0.2) is 43.5 Å². The molecule has 3 heterocycles. The lowest BCUT2D eigenvalue weighted by molar-refractivity contribution is 0.198. The van der Waals surface area contributed by atoms with Crippen LogP contribution in [0, 0.1) is 18.3 Å². The normalized spacial score (nSPS) is 12.1. The Balaban J connectivity index is 0.000000510. The number of aliphatic imine (C=N–C) groups is 1. The highest BCUT2D eigenvalue weighted by Gasteiger charge is 2.19. The summed E-state index contributed by atoms with van der Waals surface area (Å²) in [5.74, 6) is 1.11. The summed E-state index contributed by atoms with van der Waals surface area (Å²) in [4.78, 5) is 8.51. The lowest BCUT2D eigenvalue weighted by Gasteiger charge is -2.14. The number of ether oxygens (including phenoxy) is 1. The fourth-order valence-corrected chi connectivity index (χ4v) is 3.48. The molecule has 0 aliphatic heterocycles. The Kier molecular flexibility index (Phi) is 10.9. The highest BCUT2D eigenvalue weighted by molar-refractivity contribution is 5.72. The molecule has 9 heteroatoms. The zero-order valence-electron chi connectivity index (χ0n) is 24.0. The van der Waals surface area contributed by atoms with Crippen LogP contribution in [0.2, 0.25) is 0 Å². The third kappa shape index (κ3) is 7.97. The zero-order chi connectivity index (χ0) is 29.3. The second kappa shape index (κ2) is 13.8. The molecule has 0 bridgehead atoms. The maximum Gasteiger partial charge on any atom is 0.163 e. The van der Waals surface area contributed by atoms with Crippen LogP contribution in [0.25, 0.3) is 23.2 Å². The number of rotatable bonds is 8. The molecule has 3 aromatic heterocycles. The lowest BCUT2D eigenvalue weighted by atomic mass is 10.1. The number of aliphatic hydroxyl groups is 1. The molecule has 0 spiro atoms. The van der Waals surface area contributed by atoms with Crippen molar-refractivity contribution >= 4 is 12.8 Å². The molecule has 0 radical (unpaired) electrons. The van der Waals surface area contributed by atoms with Crippen LogP contribution in [-0.2, 0) is 11.8 Å². The first-order valence-electron chi connectivity index (χ1n) is 12.3. The van der Waals surface area contributed by atoms with Crippen molar-refractivity contribution in [2.45, 2.75) is 47.6 Å². The van der Waals surface area contributed by atoms with Gasteiger partial charge in [-0.1, -0.05) is 24.3 Å². The number of allylic oxidation sites excluding steroid dienone is 5. The Morgan fingerprint density at radius 1 is 1.23 bits per heavy atom. The maximum absolute atomic E-state index is 10.3. The third-order valence-electron chi connectivity index (χ3n) is 5.63. The van der Waals surface area contributed by atoms with Crippen LogP contribution in [0.3, 0.4) is 0 Å². The molecule has 0 aliphatic rings. The predicted octanol–water partition coefficient (Wildman–Crippen LogP) is 6.02. The summed E-state index contributed by atoms with van der Waals surface area (Å²) in [6.45, 7) is 18.7. The second-order valence-electron chi connectivity index (χ2n) is 9.25. The van der Waals surface area contributed by atoms with E-state index in [1.54, 1.807) is 35.7 Å². The molecular formula is C30H37N7O2. The minimum atomic E-state index is -0.757. The molecule has 0 amide bonds. The van der Waals surface area contributed by atoms with Gasteiger partial charge in [-0.3, -0.25) is 9.67 Å². The predicted molar refractivity (Wildman–Crippen MR) is 156 cm³/mol. The Hall–Kier alpha value is -4.55. The van der Waals surface area contributed by atoms with Gasteiger partial charge in [0.05, 0.1) is 30.8 Å². The largest absolute Gasteiger partial charge is 0.496 e. The van der Waals surface area contributed by atoms with E-state index in [1.807, 2.05) is 78.1 Å². The third-order valence-corrected chi connectivity index (χ3v) is 5.63. The Morgan fingerprint density at radius 2 is 1.92 bits per heavy atom. The van der Waals surface area contributed by atoms with E-state index in [-0.39, 0.29) is 5.69 Å². The molecule has 1 N–H and O–H groups in total. The minimum absolute atomic E-state index is 0.285. The fraction of sp³-hybridized carbons (Fsp3) is 0.300. The van der Waals surface area contributed by atoms with Gasteiger partial charge in [-0.05, 0) is 72.0 Å². The van der Waals surface area contributed by atoms with E-state index in [0.717, 1.165) is 28.2 Å². The molecule has 9 nitrogen and oxygen atoms in total. The number of nitrogens with zero attached hydrogens (tertiary/aromatic N) is 7. The van der Waals surface area contributed by atoms with Gasteiger partial charge in [-0.2, -0.15) is 15.5 Å². The highest BCUT2D eigenvalue weighted by atomic mass is 16.5. The van der Waals surface area contributed by atoms with Crippen LogP contribution in [0.15, 0.2) is 70.7 Å². The van der Waals surface area contributed by atoms with Crippen molar-refractivity contribution in [1.29, 1.82) is 5.26 Å². The van der Waals surface area contributed by atoms with Crippen LogP contribution in [0.5, 0.6) is 0 Å². The van der Waals surface area contributed by atoms with Crippen molar-refractivity contribution < 1.29 is 9.84 Å². The van der Waals surface area contributed by atoms with E-state index in [2.05, 4.69) is 28.5 Å². The van der Waals surface area contributed by atoms with E-state index in [0.29, 0.717) is 22.8 Å². The van der Waals surface area contributed by atoms with Crippen molar-refractivity contribution in [1.82, 2.24) is 24.5 Å². The van der Waals surface area contributed by atoms with E-state index in [4.69, 9.17) is 9.72 Å². The number of pyridine rings is 1.